The molecule has 1 aromatic carbocycles. The van der Waals surface area contributed by atoms with E-state index in [0.717, 1.165) is 11.0 Å². The molecule has 0 radical (unpaired) electrons. The number of benzene rings is 1. The lowest BCUT2D eigenvalue weighted by molar-refractivity contribution is 0.163. The number of hydrogen-bond donors (Lipinski definition) is 1. The highest BCUT2D eigenvalue weighted by atomic mass is 35.5. The molecule has 0 spiro atoms. The first-order valence-corrected chi connectivity index (χ1v) is 7.03. The van der Waals surface area contributed by atoms with E-state index < -0.39 is 0 Å². The van der Waals surface area contributed by atoms with Crippen LogP contribution in [0, 0.1) is 0 Å². The van der Waals surface area contributed by atoms with Crippen molar-refractivity contribution in [2.45, 2.75) is 25.9 Å². The minimum absolute atomic E-state index is 0.156. The van der Waals surface area contributed by atoms with E-state index in [4.69, 9.17) is 16.3 Å². The molecule has 2 rings (SSSR count). The Balaban J connectivity index is 2.10. The van der Waals surface area contributed by atoms with Crippen molar-refractivity contribution in [2.75, 3.05) is 19.0 Å². The minimum Gasteiger partial charge on any atom is -0.383 e. The highest BCUT2D eigenvalue weighted by Crippen LogP contribution is 2.22. The lowest BCUT2D eigenvalue weighted by Gasteiger charge is -2.19. The first-order valence-electron chi connectivity index (χ1n) is 6.65. The number of imidazole rings is 1. The standard InChI is InChI=1S/C15H20ClN3O/c1-11(10-20-3)19-9-8-17-15(19)18-12(2)13-4-6-14(16)7-5-13/h4-9,11-12H,10H2,1-3H3,(H,17,18). The van der Waals surface area contributed by atoms with Crippen LogP contribution in [0.2, 0.25) is 5.02 Å². The first kappa shape index (κ1) is 14.9. The summed E-state index contributed by atoms with van der Waals surface area (Å²) in [7, 11) is 1.71. The Morgan fingerprint density at radius 2 is 2.00 bits per heavy atom. The lowest BCUT2D eigenvalue weighted by atomic mass is 10.1. The summed E-state index contributed by atoms with van der Waals surface area (Å²) in [6, 6.07) is 8.23. The molecule has 0 aliphatic carbocycles. The molecule has 0 aliphatic rings. The van der Waals surface area contributed by atoms with Crippen molar-refractivity contribution in [3.63, 3.8) is 0 Å². The van der Waals surface area contributed by atoms with Crippen LogP contribution in [0.15, 0.2) is 36.7 Å². The number of nitrogens with zero attached hydrogens (tertiary/aromatic N) is 2. The van der Waals surface area contributed by atoms with Gasteiger partial charge in [0.2, 0.25) is 5.95 Å². The Morgan fingerprint density at radius 3 is 2.65 bits per heavy atom. The molecule has 2 unspecified atom stereocenters. The summed E-state index contributed by atoms with van der Waals surface area (Å²) in [5.74, 6) is 0.844. The second-order valence-electron chi connectivity index (χ2n) is 4.88. The molecule has 5 heteroatoms. The Hall–Kier alpha value is -1.52. The summed E-state index contributed by atoms with van der Waals surface area (Å²) < 4.78 is 7.27. The Kier molecular flexibility index (Phi) is 5.04. The third-order valence-corrected chi connectivity index (χ3v) is 3.52. The normalized spacial score (nSPS) is 14.0. The van der Waals surface area contributed by atoms with E-state index in [1.807, 2.05) is 30.5 Å². The number of anilines is 1. The van der Waals surface area contributed by atoms with E-state index in [1.54, 1.807) is 13.3 Å². The average molecular weight is 294 g/mol. The van der Waals surface area contributed by atoms with E-state index in [1.165, 1.54) is 5.56 Å². The average Bonchev–Trinajstić information content (AvgIpc) is 2.88. The molecule has 0 saturated heterocycles. The summed E-state index contributed by atoms with van der Waals surface area (Å²) in [4.78, 5) is 4.37. The minimum atomic E-state index is 0.156. The Labute approximate surface area is 124 Å². The predicted molar refractivity (Wildman–Crippen MR) is 82.3 cm³/mol. The number of hydrogen-bond acceptors (Lipinski definition) is 3. The summed E-state index contributed by atoms with van der Waals surface area (Å²) in [6.07, 6.45) is 3.75. The number of rotatable bonds is 6. The molecule has 0 fully saturated rings. The van der Waals surface area contributed by atoms with Gasteiger partial charge in [0, 0.05) is 24.5 Å². The molecule has 2 atom stereocenters. The third-order valence-electron chi connectivity index (χ3n) is 3.27. The van der Waals surface area contributed by atoms with Crippen LogP contribution in [-0.4, -0.2) is 23.3 Å². The molecule has 0 aliphatic heterocycles. The summed E-state index contributed by atoms with van der Waals surface area (Å²) in [5.41, 5.74) is 1.17. The highest BCUT2D eigenvalue weighted by Gasteiger charge is 2.12. The van der Waals surface area contributed by atoms with Gasteiger partial charge < -0.3 is 14.6 Å². The van der Waals surface area contributed by atoms with E-state index in [2.05, 4.69) is 28.7 Å². The van der Waals surface area contributed by atoms with Crippen molar-refractivity contribution < 1.29 is 4.74 Å². The quantitative estimate of drug-likeness (QED) is 0.877. The van der Waals surface area contributed by atoms with Crippen LogP contribution in [0.1, 0.15) is 31.5 Å². The van der Waals surface area contributed by atoms with Crippen molar-refractivity contribution in [3.05, 3.63) is 47.2 Å². The number of nitrogens with one attached hydrogen (secondary N) is 1. The highest BCUT2D eigenvalue weighted by molar-refractivity contribution is 6.30. The van der Waals surface area contributed by atoms with Crippen LogP contribution in [0.3, 0.4) is 0 Å². The van der Waals surface area contributed by atoms with E-state index >= 15 is 0 Å². The number of methoxy groups -OCH3 is 1. The zero-order valence-electron chi connectivity index (χ0n) is 12.0. The number of halogens is 1. The molecule has 20 heavy (non-hydrogen) atoms. The SMILES string of the molecule is COCC(C)n1ccnc1NC(C)c1ccc(Cl)cc1. The van der Waals surface area contributed by atoms with E-state index in [-0.39, 0.29) is 12.1 Å². The zero-order valence-corrected chi connectivity index (χ0v) is 12.8. The van der Waals surface area contributed by atoms with Crippen molar-refractivity contribution in [1.29, 1.82) is 0 Å². The zero-order chi connectivity index (χ0) is 14.5. The van der Waals surface area contributed by atoms with Crippen molar-refractivity contribution >= 4 is 17.5 Å². The van der Waals surface area contributed by atoms with Crippen molar-refractivity contribution in [2.24, 2.45) is 0 Å². The van der Waals surface area contributed by atoms with Crippen LogP contribution in [0.4, 0.5) is 5.95 Å². The molecule has 0 amide bonds. The van der Waals surface area contributed by atoms with Crippen LogP contribution in [0.5, 0.6) is 0 Å². The topological polar surface area (TPSA) is 39.1 Å². The van der Waals surface area contributed by atoms with Gasteiger partial charge in [0.05, 0.1) is 18.7 Å². The van der Waals surface area contributed by atoms with E-state index in [0.29, 0.717) is 6.61 Å². The largest absolute Gasteiger partial charge is 0.383 e. The molecular weight excluding hydrogens is 274 g/mol. The molecule has 1 heterocycles. The summed E-state index contributed by atoms with van der Waals surface area (Å²) in [5, 5.41) is 4.17. The Morgan fingerprint density at radius 1 is 1.30 bits per heavy atom. The van der Waals surface area contributed by atoms with Crippen LogP contribution in [0.25, 0.3) is 0 Å². The molecule has 0 bridgehead atoms. The van der Waals surface area contributed by atoms with Crippen LogP contribution in [-0.2, 0) is 4.74 Å². The molecule has 2 aromatic rings. The predicted octanol–water partition coefficient (Wildman–Crippen LogP) is 3.92. The van der Waals surface area contributed by atoms with Crippen LogP contribution >= 0.6 is 11.6 Å². The van der Waals surface area contributed by atoms with Gasteiger partial charge in [-0.3, -0.25) is 0 Å². The first-order chi connectivity index (χ1) is 9.61. The molecule has 108 valence electrons. The molecular formula is C15H20ClN3O. The maximum atomic E-state index is 5.91. The monoisotopic (exact) mass is 293 g/mol. The smallest absolute Gasteiger partial charge is 0.203 e. The fraction of sp³-hybridized carbons (Fsp3) is 0.400. The van der Waals surface area contributed by atoms with Gasteiger partial charge in [-0.25, -0.2) is 4.98 Å². The van der Waals surface area contributed by atoms with Gasteiger partial charge in [-0.05, 0) is 31.5 Å². The Bertz CT molecular complexity index is 538. The van der Waals surface area contributed by atoms with Crippen molar-refractivity contribution in [1.82, 2.24) is 9.55 Å². The van der Waals surface area contributed by atoms with Gasteiger partial charge in [0.25, 0.3) is 0 Å². The number of ether oxygens (including phenoxy) is 1. The maximum absolute atomic E-state index is 5.91. The lowest BCUT2D eigenvalue weighted by Crippen LogP contribution is -2.16. The van der Waals surface area contributed by atoms with Gasteiger partial charge in [-0.2, -0.15) is 0 Å². The van der Waals surface area contributed by atoms with Gasteiger partial charge >= 0.3 is 0 Å². The molecule has 1 aromatic heterocycles. The molecule has 1 N–H and O–H groups in total. The second-order valence-corrected chi connectivity index (χ2v) is 5.32. The fourth-order valence-electron chi connectivity index (χ4n) is 2.13. The fourth-order valence-corrected chi connectivity index (χ4v) is 2.26. The summed E-state index contributed by atoms with van der Waals surface area (Å²) in [6.45, 7) is 4.85. The van der Waals surface area contributed by atoms with E-state index in [9.17, 15) is 0 Å². The third kappa shape index (κ3) is 3.52. The summed E-state index contributed by atoms with van der Waals surface area (Å²) >= 11 is 5.91. The van der Waals surface area contributed by atoms with Gasteiger partial charge in [0.15, 0.2) is 0 Å². The molecule has 4 nitrogen and oxygen atoms in total. The van der Waals surface area contributed by atoms with Gasteiger partial charge in [-0.15, -0.1) is 0 Å². The van der Waals surface area contributed by atoms with Crippen LogP contribution < -0.4 is 5.32 Å². The number of aromatic nitrogens is 2. The van der Waals surface area contributed by atoms with Crippen molar-refractivity contribution in [3.8, 4) is 0 Å². The second kappa shape index (κ2) is 6.77. The maximum Gasteiger partial charge on any atom is 0.203 e. The van der Waals surface area contributed by atoms with Gasteiger partial charge in [0.1, 0.15) is 0 Å². The molecule has 0 saturated carbocycles. The van der Waals surface area contributed by atoms with Gasteiger partial charge in [-0.1, -0.05) is 23.7 Å².